The zero-order chi connectivity index (χ0) is 17.3. The quantitative estimate of drug-likeness (QED) is 0.510. The summed E-state index contributed by atoms with van der Waals surface area (Å²) in [5.41, 5.74) is 4.77. The first kappa shape index (κ1) is 15.8. The SMILES string of the molecule is C/C(=N\NC(=O)C1CC1)c1nnn(-c2cccc([N+](=O)[O-])c2)c1C. The standard InChI is InChI=1S/C15H16N6O3/c1-9(16-18-15(22)11-6-7-11)14-10(2)20(19-17-14)12-4-3-5-13(8-12)21(23)24/h3-5,8,11H,6-7H2,1-2H3,(H,18,22)/b16-9+. The van der Waals surface area contributed by atoms with Gasteiger partial charge in [-0.05, 0) is 32.8 Å². The number of nitrogens with one attached hydrogen (secondary N) is 1. The van der Waals surface area contributed by atoms with Crippen LogP contribution in [0.15, 0.2) is 29.4 Å². The third-order valence-corrected chi connectivity index (χ3v) is 3.80. The molecule has 0 atom stereocenters. The normalized spacial score (nSPS) is 14.5. The molecule has 3 rings (SSSR count). The van der Waals surface area contributed by atoms with Crippen LogP contribution in [0.2, 0.25) is 0 Å². The minimum atomic E-state index is -0.462. The number of rotatable bonds is 5. The summed E-state index contributed by atoms with van der Waals surface area (Å²) in [4.78, 5) is 22.1. The van der Waals surface area contributed by atoms with Gasteiger partial charge in [-0.1, -0.05) is 11.3 Å². The Morgan fingerprint density at radius 1 is 1.46 bits per heavy atom. The van der Waals surface area contributed by atoms with Crippen molar-refractivity contribution in [1.82, 2.24) is 20.4 Å². The van der Waals surface area contributed by atoms with E-state index in [4.69, 9.17) is 0 Å². The van der Waals surface area contributed by atoms with Crippen molar-refractivity contribution in [3.8, 4) is 5.69 Å². The maximum Gasteiger partial charge on any atom is 0.271 e. The Balaban J connectivity index is 1.85. The number of amides is 1. The van der Waals surface area contributed by atoms with Crippen molar-refractivity contribution in [3.05, 3.63) is 45.8 Å². The monoisotopic (exact) mass is 328 g/mol. The van der Waals surface area contributed by atoms with E-state index in [0.717, 1.165) is 12.8 Å². The second-order valence-corrected chi connectivity index (χ2v) is 5.66. The van der Waals surface area contributed by atoms with Crippen molar-refractivity contribution in [2.45, 2.75) is 26.7 Å². The molecule has 9 heteroatoms. The van der Waals surface area contributed by atoms with Crippen molar-refractivity contribution in [3.63, 3.8) is 0 Å². The molecule has 1 heterocycles. The molecule has 0 radical (unpaired) electrons. The Morgan fingerprint density at radius 2 is 2.21 bits per heavy atom. The van der Waals surface area contributed by atoms with E-state index in [0.29, 0.717) is 22.8 Å². The van der Waals surface area contributed by atoms with Crippen LogP contribution >= 0.6 is 0 Å². The van der Waals surface area contributed by atoms with E-state index in [2.05, 4.69) is 20.8 Å². The van der Waals surface area contributed by atoms with Crippen LogP contribution in [0.4, 0.5) is 5.69 Å². The number of aromatic nitrogens is 3. The number of carbonyl (C=O) groups excluding carboxylic acids is 1. The van der Waals surface area contributed by atoms with Crippen molar-refractivity contribution >= 4 is 17.3 Å². The Morgan fingerprint density at radius 3 is 2.88 bits per heavy atom. The van der Waals surface area contributed by atoms with Gasteiger partial charge in [0.2, 0.25) is 5.91 Å². The molecule has 1 aromatic carbocycles. The van der Waals surface area contributed by atoms with Gasteiger partial charge in [-0.2, -0.15) is 5.10 Å². The van der Waals surface area contributed by atoms with Crippen LogP contribution in [0.1, 0.15) is 31.2 Å². The van der Waals surface area contributed by atoms with Gasteiger partial charge in [0.05, 0.1) is 22.0 Å². The first-order chi connectivity index (χ1) is 11.5. The highest BCUT2D eigenvalue weighted by Gasteiger charge is 2.29. The van der Waals surface area contributed by atoms with Gasteiger partial charge in [0, 0.05) is 18.1 Å². The molecule has 0 saturated heterocycles. The largest absolute Gasteiger partial charge is 0.273 e. The summed E-state index contributed by atoms with van der Waals surface area (Å²) in [6.45, 7) is 3.51. The number of benzene rings is 1. The Kier molecular flexibility index (Phi) is 4.07. The fourth-order valence-electron chi connectivity index (χ4n) is 2.28. The van der Waals surface area contributed by atoms with Gasteiger partial charge in [-0.15, -0.1) is 5.10 Å². The third-order valence-electron chi connectivity index (χ3n) is 3.80. The average Bonchev–Trinajstić information content (AvgIpc) is 3.35. The van der Waals surface area contributed by atoms with Gasteiger partial charge < -0.3 is 0 Å². The molecule has 1 aliphatic rings. The molecule has 1 aliphatic carbocycles. The van der Waals surface area contributed by atoms with Crippen molar-refractivity contribution in [1.29, 1.82) is 0 Å². The fourth-order valence-corrected chi connectivity index (χ4v) is 2.28. The first-order valence-corrected chi connectivity index (χ1v) is 7.49. The van der Waals surface area contributed by atoms with Crippen LogP contribution in [0.5, 0.6) is 0 Å². The summed E-state index contributed by atoms with van der Waals surface area (Å²) in [5, 5.41) is 23.1. The second-order valence-electron chi connectivity index (χ2n) is 5.66. The maximum absolute atomic E-state index is 11.6. The van der Waals surface area contributed by atoms with Gasteiger partial charge in [0.15, 0.2) is 0 Å². The van der Waals surface area contributed by atoms with Gasteiger partial charge >= 0.3 is 0 Å². The molecule has 1 N–H and O–H groups in total. The summed E-state index contributed by atoms with van der Waals surface area (Å²) < 4.78 is 1.50. The molecule has 1 fully saturated rings. The minimum absolute atomic E-state index is 0.0222. The van der Waals surface area contributed by atoms with Gasteiger partial charge in [0.25, 0.3) is 5.69 Å². The van der Waals surface area contributed by atoms with E-state index in [1.165, 1.54) is 16.8 Å². The van der Waals surface area contributed by atoms with Crippen LogP contribution in [-0.4, -0.2) is 31.5 Å². The highest BCUT2D eigenvalue weighted by atomic mass is 16.6. The molecular weight excluding hydrogens is 312 g/mol. The van der Waals surface area contributed by atoms with Crippen LogP contribution in [0.3, 0.4) is 0 Å². The molecule has 124 valence electrons. The van der Waals surface area contributed by atoms with E-state index in [1.807, 2.05) is 0 Å². The van der Waals surface area contributed by atoms with Crippen LogP contribution in [0, 0.1) is 23.0 Å². The smallest absolute Gasteiger partial charge is 0.271 e. The summed E-state index contributed by atoms with van der Waals surface area (Å²) in [5.74, 6) is -0.0127. The Bertz CT molecular complexity index is 837. The lowest BCUT2D eigenvalue weighted by Crippen LogP contribution is -2.21. The Labute approximate surface area is 137 Å². The average molecular weight is 328 g/mol. The molecule has 1 amide bonds. The highest BCUT2D eigenvalue weighted by Crippen LogP contribution is 2.28. The zero-order valence-corrected chi connectivity index (χ0v) is 13.3. The molecule has 9 nitrogen and oxygen atoms in total. The second kappa shape index (κ2) is 6.19. The molecule has 0 bridgehead atoms. The summed E-state index contributed by atoms with van der Waals surface area (Å²) in [6.07, 6.45) is 1.81. The topological polar surface area (TPSA) is 115 Å². The highest BCUT2D eigenvalue weighted by molar-refractivity contribution is 5.98. The number of hydrogen-bond acceptors (Lipinski definition) is 6. The zero-order valence-electron chi connectivity index (χ0n) is 13.3. The lowest BCUT2D eigenvalue weighted by molar-refractivity contribution is -0.384. The van der Waals surface area contributed by atoms with E-state index in [1.54, 1.807) is 26.0 Å². The van der Waals surface area contributed by atoms with E-state index >= 15 is 0 Å². The van der Waals surface area contributed by atoms with Crippen LogP contribution in [0.25, 0.3) is 5.69 Å². The van der Waals surface area contributed by atoms with E-state index in [9.17, 15) is 14.9 Å². The first-order valence-electron chi connectivity index (χ1n) is 7.49. The van der Waals surface area contributed by atoms with Gasteiger partial charge in [-0.25, -0.2) is 10.1 Å². The van der Waals surface area contributed by atoms with Gasteiger partial charge in [-0.3, -0.25) is 14.9 Å². The van der Waals surface area contributed by atoms with Crippen molar-refractivity contribution in [2.75, 3.05) is 0 Å². The number of carbonyl (C=O) groups is 1. The Hall–Kier alpha value is -3.10. The molecule has 1 aromatic heterocycles. The number of nitro benzene ring substituents is 1. The number of nitro groups is 1. The summed E-state index contributed by atoms with van der Waals surface area (Å²) in [6, 6.07) is 6.13. The molecule has 2 aromatic rings. The van der Waals surface area contributed by atoms with Gasteiger partial charge in [0.1, 0.15) is 5.69 Å². The fraction of sp³-hybridized carbons (Fsp3) is 0.333. The third kappa shape index (κ3) is 3.14. The van der Waals surface area contributed by atoms with Crippen molar-refractivity contribution < 1.29 is 9.72 Å². The molecule has 0 spiro atoms. The molecule has 0 unspecified atom stereocenters. The van der Waals surface area contributed by atoms with E-state index in [-0.39, 0.29) is 17.5 Å². The van der Waals surface area contributed by atoms with Crippen molar-refractivity contribution in [2.24, 2.45) is 11.0 Å². The summed E-state index contributed by atoms with van der Waals surface area (Å²) in [7, 11) is 0. The van der Waals surface area contributed by atoms with E-state index < -0.39 is 4.92 Å². The number of non-ortho nitro benzene ring substituents is 1. The number of nitrogens with zero attached hydrogens (tertiary/aromatic N) is 5. The molecule has 1 saturated carbocycles. The number of hydrogen-bond donors (Lipinski definition) is 1. The van der Waals surface area contributed by atoms with Crippen LogP contribution < -0.4 is 5.43 Å². The predicted octanol–water partition coefficient (Wildman–Crippen LogP) is 1.73. The predicted molar refractivity (Wildman–Crippen MR) is 85.8 cm³/mol. The maximum atomic E-state index is 11.6. The van der Waals surface area contributed by atoms with Crippen LogP contribution in [-0.2, 0) is 4.79 Å². The number of hydrazone groups is 1. The molecule has 0 aliphatic heterocycles. The molecule has 24 heavy (non-hydrogen) atoms. The molecular formula is C15H16N6O3. The summed E-state index contributed by atoms with van der Waals surface area (Å²) >= 11 is 0. The minimum Gasteiger partial charge on any atom is -0.273 e. The lowest BCUT2D eigenvalue weighted by atomic mass is 10.2. The lowest BCUT2D eigenvalue weighted by Gasteiger charge is -2.04.